The topological polar surface area (TPSA) is 62.2 Å². The molecule has 1 heterocycles. The normalized spacial score (nSPS) is 16.2. The van der Waals surface area contributed by atoms with Crippen molar-refractivity contribution in [1.82, 2.24) is 10.3 Å². The number of carboxylic acid groups (broad SMARTS) is 1. The van der Waals surface area contributed by atoms with E-state index in [2.05, 4.69) is 10.3 Å². The summed E-state index contributed by atoms with van der Waals surface area (Å²) < 4.78 is 0. The number of rotatable bonds is 5. The van der Waals surface area contributed by atoms with Crippen LogP contribution in [-0.2, 0) is 6.54 Å². The van der Waals surface area contributed by atoms with Crippen molar-refractivity contribution in [2.75, 3.05) is 6.54 Å². The molecule has 0 unspecified atom stereocenters. The van der Waals surface area contributed by atoms with Crippen molar-refractivity contribution in [3.63, 3.8) is 0 Å². The Kier molecular flexibility index (Phi) is 4.09. The van der Waals surface area contributed by atoms with Gasteiger partial charge in [-0.3, -0.25) is 4.98 Å². The molecule has 1 fully saturated rings. The number of aromatic nitrogens is 1. The smallest absolute Gasteiger partial charge is 0.337 e. The second-order valence-electron chi connectivity index (χ2n) is 4.62. The van der Waals surface area contributed by atoms with Crippen LogP contribution in [0.15, 0.2) is 18.3 Å². The largest absolute Gasteiger partial charge is 0.478 e. The first-order chi connectivity index (χ1) is 8.25. The van der Waals surface area contributed by atoms with Gasteiger partial charge in [0.1, 0.15) is 0 Å². The van der Waals surface area contributed by atoms with Gasteiger partial charge in [-0.15, -0.1) is 0 Å². The van der Waals surface area contributed by atoms with Crippen LogP contribution >= 0.6 is 0 Å². The highest BCUT2D eigenvalue weighted by Gasteiger charge is 2.14. The molecule has 1 aliphatic rings. The Morgan fingerprint density at radius 3 is 2.76 bits per heavy atom. The molecule has 0 aliphatic heterocycles. The van der Waals surface area contributed by atoms with Gasteiger partial charge < -0.3 is 10.4 Å². The van der Waals surface area contributed by atoms with Crippen molar-refractivity contribution in [1.29, 1.82) is 0 Å². The molecular formula is C13H18N2O2. The second kappa shape index (κ2) is 5.77. The molecular weight excluding hydrogens is 216 g/mol. The van der Waals surface area contributed by atoms with Gasteiger partial charge in [0.25, 0.3) is 0 Å². The quantitative estimate of drug-likeness (QED) is 0.818. The number of pyridine rings is 1. The zero-order valence-corrected chi connectivity index (χ0v) is 9.85. The molecule has 0 amide bonds. The van der Waals surface area contributed by atoms with E-state index in [1.807, 2.05) is 0 Å². The zero-order valence-electron chi connectivity index (χ0n) is 9.85. The first-order valence-corrected chi connectivity index (χ1v) is 6.14. The van der Waals surface area contributed by atoms with Gasteiger partial charge in [-0.1, -0.05) is 12.8 Å². The SMILES string of the molecule is O=C(O)c1ccc(CNCC2CCCC2)nc1. The van der Waals surface area contributed by atoms with Gasteiger partial charge >= 0.3 is 5.97 Å². The summed E-state index contributed by atoms with van der Waals surface area (Å²) in [6.07, 6.45) is 6.79. The summed E-state index contributed by atoms with van der Waals surface area (Å²) in [6.45, 7) is 1.76. The summed E-state index contributed by atoms with van der Waals surface area (Å²) in [4.78, 5) is 14.8. The van der Waals surface area contributed by atoms with Crippen LogP contribution in [0.25, 0.3) is 0 Å². The molecule has 2 rings (SSSR count). The summed E-state index contributed by atoms with van der Waals surface area (Å²) in [6, 6.07) is 3.37. The first-order valence-electron chi connectivity index (χ1n) is 6.14. The molecule has 0 radical (unpaired) electrons. The minimum absolute atomic E-state index is 0.240. The second-order valence-corrected chi connectivity index (χ2v) is 4.62. The number of nitrogens with zero attached hydrogens (tertiary/aromatic N) is 1. The third-order valence-corrected chi connectivity index (χ3v) is 3.29. The fourth-order valence-corrected chi connectivity index (χ4v) is 2.27. The molecule has 1 aromatic heterocycles. The van der Waals surface area contributed by atoms with Crippen molar-refractivity contribution in [3.05, 3.63) is 29.6 Å². The lowest BCUT2D eigenvalue weighted by Gasteiger charge is -2.09. The van der Waals surface area contributed by atoms with E-state index >= 15 is 0 Å². The number of carboxylic acids is 1. The van der Waals surface area contributed by atoms with Gasteiger partial charge in [-0.2, -0.15) is 0 Å². The fourth-order valence-electron chi connectivity index (χ4n) is 2.27. The Hall–Kier alpha value is -1.42. The van der Waals surface area contributed by atoms with Crippen LogP contribution in [0.5, 0.6) is 0 Å². The number of carbonyl (C=O) groups is 1. The highest BCUT2D eigenvalue weighted by molar-refractivity contribution is 5.87. The van der Waals surface area contributed by atoms with Crippen molar-refractivity contribution < 1.29 is 9.90 Å². The summed E-state index contributed by atoms with van der Waals surface area (Å²) in [5.41, 5.74) is 1.14. The van der Waals surface area contributed by atoms with E-state index in [1.54, 1.807) is 12.1 Å². The average Bonchev–Trinajstić information content (AvgIpc) is 2.83. The number of hydrogen-bond donors (Lipinski definition) is 2. The van der Waals surface area contributed by atoms with Crippen LogP contribution in [0.4, 0.5) is 0 Å². The van der Waals surface area contributed by atoms with Crippen LogP contribution in [0, 0.1) is 5.92 Å². The van der Waals surface area contributed by atoms with E-state index in [9.17, 15) is 4.79 Å². The minimum Gasteiger partial charge on any atom is -0.478 e. The summed E-state index contributed by atoms with van der Waals surface area (Å²) >= 11 is 0. The van der Waals surface area contributed by atoms with Crippen molar-refractivity contribution in [3.8, 4) is 0 Å². The molecule has 92 valence electrons. The van der Waals surface area contributed by atoms with Crippen LogP contribution in [0.3, 0.4) is 0 Å². The van der Waals surface area contributed by atoms with Crippen LogP contribution in [-0.4, -0.2) is 22.6 Å². The average molecular weight is 234 g/mol. The Morgan fingerprint density at radius 1 is 1.41 bits per heavy atom. The van der Waals surface area contributed by atoms with Crippen LogP contribution in [0.1, 0.15) is 41.7 Å². The molecule has 2 N–H and O–H groups in total. The highest BCUT2D eigenvalue weighted by Crippen LogP contribution is 2.23. The van der Waals surface area contributed by atoms with E-state index in [-0.39, 0.29) is 5.56 Å². The van der Waals surface area contributed by atoms with E-state index in [4.69, 9.17) is 5.11 Å². The summed E-state index contributed by atoms with van der Waals surface area (Å²) in [5, 5.41) is 12.1. The molecule has 17 heavy (non-hydrogen) atoms. The molecule has 1 aromatic rings. The van der Waals surface area contributed by atoms with Gasteiger partial charge in [0.05, 0.1) is 11.3 Å². The molecule has 0 atom stereocenters. The van der Waals surface area contributed by atoms with E-state index in [0.29, 0.717) is 0 Å². The Balaban J connectivity index is 1.76. The maximum atomic E-state index is 10.6. The zero-order chi connectivity index (χ0) is 12.1. The van der Waals surface area contributed by atoms with Crippen molar-refractivity contribution >= 4 is 5.97 Å². The minimum atomic E-state index is -0.928. The van der Waals surface area contributed by atoms with E-state index < -0.39 is 5.97 Å². The number of aromatic carboxylic acids is 1. The lowest BCUT2D eigenvalue weighted by atomic mass is 10.1. The van der Waals surface area contributed by atoms with Gasteiger partial charge in [0.2, 0.25) is 0 Å². The van der Waals surface area contributed by atoms with Crippen molar-refractivity contribution in [2.45, 2.75) is 32.2 Å². The fraction of sp³-hybridized carbons (Fsp3) is 0.538. The highest BCUT2D eigenvalue weighted by atomic mass is 16.4. The standard InChI is InChI=1S/C13H18N2O2/c16-13(17)11-5-6-12(15-8-11)9-14-7-10-3-1-2-4-10/h5-6,8,10,14H,1-4,7,9H2,(H,16,17). The molecule has 0 bridgehead atoms. The molecule has 4 nitrogen and oxygen atoms in total. The van der Waals surface area contributed by atoms with Gasteiger partial charge in [-0.25, -0.2) is 4.79 Å². The Morgan fingerprint density at radius 2 is 2.18 bits per heavy atom. The van der Waals surface area contributed by atoms with E-state index in [0.717, 1.165) is 24.7 Å². The first kappa shape index (κ1) is 12.0. The Labute approximate surface area is 101 Å². The lowest BCUT2D eigenvalue weighted by molar-refractivity contribution is 0.0696. The summed E-state index contributed by atoms with van der Waals surface area (Å²) in [5.74, 6) is -0.115. The number of nitrogens with one attached hydrogen (secondary N) is 1. The Bertz CT molecular complexity index is 370. The predicted octanol–water partition coefficient (Wildman–Crippen LogP) is 2.06. The van der Waals surface area contributed by atoms with Crippen LogP contribution in [0.2, 0.25) is 0 Å². The maximum absolute atomic E-state index is 10.6. The molecule has 4 heteroatoms. The molecule has 0 spiro atoms. The number of hydrogen-bond acceptors (Lipinski definition) is 3. The molecule has 1 aliphatic carbocycles. The third kappa shape index (κ3) is 3.53. The molecule has 0 aromatic carbocycles. The monoisotopic (exact) mass is 234 g/mol. The predicted molar refractivity (Wildman–Crippen MR) is 64.9 cm³/mol. The lowest BCUT2D eigenvalue weighted by Crippen LogP contribution is -2.21. The molecule has 0 saturated heterocycles. The maximum Gasteiger partial charge on any atom is 0.337 e. The van der Waals surface area contributed by atoms with Gasteiger partial charge in [-0.05, 0) is 37.4 Å². The van der Waals surface area contributed by atoms with Crippen molar-refractivity contribution in [2.24, 2.45) is 5.92 Å². The molecule has 1 saturated carbocycles. The third-order valence-electron chi connectivity index (χ3n) is 3.29. The van der Waals surface area contributed by atoms with Gasteiger partial charge in [0.15, 0.2) is 0 Å². The van der Waals surface area contributed by atoms with E-state index in [1.165, 1.54) is 31.9 Å². The summed E-state index contributed by atoms with van der Waals surface area (Å²) in [7, 11) is 0. The van der Waals surface area contributed by atoms with Gasteiger partial charge in [0, 0.05) is 12.7 Å². The van der Waals surface area contributed by atoms with Crippen LogP contribution < -0.4 is 5.32 Å².